The van der Waals surface area contributed by atoms with Crippen LogP contribution in [0.1, 0.15) is 29.7 Å². The number of hydrogen-bond acceptors (Lipinski definition) is 3. The second-order valence-electron chi connectivity index (χ2n) is 5.73. The van der Waals surface area contributed by atoms with Crippen molar-refractivity contribution >= 4 is 5.69 Å². The van der Waals surface area contributed by atoms with Gasteiger partial charge in [0.2, 0.25) is 0 Å². The Kier molecular flexibility index (Phi) is 3.08. The average molecular weight is 281 g/mol. The third-order valence-corrected chi connectivity index (χ3v) is 4.60. The predicted molar refractivity (Wildman–Crippen MR) is 82.6 cm³/mol. The lowest BCUT2D eigenvalue weighted by atomic mass is 9.81. The highest BCUT2D eigenvalue weighted by atomic mass is 16.5. The van der Waals surface area contributed by atoms with Crippen molar-refractivity contribution in [2.45, 2.75) is 18.6 Å². The van der Waals surface area contributed by atoms with Gasteiger partial charge in [-0.1, -0.05) is 30.3 Å². The van der Waals surface area contributed by atoms with Gasteiger partial charge >= 0.3 is 0 Å². The van der Waals surface area contributed by atoms with Gasteiger partial charge in [-0.3, -0.25) is 0 Å². The molecule has 0 spiro atoms. The van der Waals surface area contributed by atoms with Gasteiger partial charge in [0.05, 0.1) is 19.3 Å². The van der Waals surface area contributed by atoms with E-state index in [0.717, 1.165) is 24.5 Å². The maximum absolute atomic E-state index is 6.04. The SMILES string of the molecule is COc1ccc2c(c1)[C@H]1OCC[C@H]1[C@@H](c1ccccc1)N2. The largest absolute Gasteiger partial charge is 0.497 e. The van der Waals surface area contributed by atoms with Crippen molar-refractivity contribution in [2.24, 2.45) is 5.92 Å². The van der Waals surface area contributed by atoms with Crippen LogP contribution in [0.25, 0.3) is 0 Å². The zero-order valence-electron chi connectivity index (χ0n) is 12.1. The molecular formula is C18H19NO2. The molecule has 0 aliphatic carbocycles. The van der Waals surface area contributed by atoms with Crippen LogP contribution in [0.2, 0.25) is 0 Å². The maximum Gasteiger partial charge on any atom is 0.119 e. The molecule has 21 heavy (non-hydrogen) atoms. The minimum atomic E-state index is 0.168. The van der Waals surface area contributed by atoms with Gasteiger partial charge in [0.25, 0.3) is 0 Å². The summed E-state index contributed by atoms with van der Waals surface area (Å²) in [6.07, 6.45) is 1.26. The van der Waals surface area contributed by atoms with Crippen LogP contribution in [0.3, 0.4) is 0 Å². The molecule has 0 aromatic heterocycles. The first-order valence-corrected chi connectivity index (χ1v) is 7.48. The summed E-state index contributed by atoms with van der Waals surface area (Å²) in [5, 5.41) is 3.70. The molecule has 2 aliphatic rings. The molecule has 108 valence electrons. The number of rotatable bonds is 2. The predicted octanol–water partition coefficient (Wildman–Crippen LogP) is 3.94. The topological polar surface area (TPSA) is 30.5 Å². The summed E-state index contributed by atoms with van der Waals surface area (Å²) in [5.41, 5.74) is 3.72. The maximum atomic E-state index is 6.04. The highest BCUT2D eigenvalue weighted by molar-refractivity contribution is 5.59. The van der Waals surface area contributed by atoms with E-state index in [0.29, 0.717) is 12.0 Å². The summed E-state index contributed by atoms with van der Waals surface area (Å²) in [6.45, 7) is 0.830. The monoisotopic (exact) mass is 281 g/mol. The smallest absolute Gasteiger partial charge is 0.119 e. The van der Waals surface area contributed by atoms with Gasteiger partial charge in [-0.05, 0) is 30.2 Å². The van der Waals surface area contributed by atoms with Crippen LogP contribution in [0.5, 0.6) is 5.75 Å². The second-order valence-corrected chi connectivity index (χ2v) is 5.73. The number of methoxy groups -OCH3 is 1. The fourth-order valence-corrected chi connectivity index (χ4v) is 3.57. The van der Waals surface area contributed by atoms with E-state index in [2.05, 4.69) is 47.8 Å². The Bertz CT molecular complexity index is 641. The van der Waals surface area contributed by atoms with Crippen molar-refractivity contribution in [3.05, 3.63) is 59.7 Å². The Balaban J connectivity index is 1.77. The minimum absolute atomic E-state index is 0.168. The zero-order valence-corrected chi connectivity index (χ0v) is 12.1. The highest BCUT2D eigenvalue weighted by Crippen LogP contribution is 2.50. The lowest BCUT2D eigenvalue weighted by molar-refractivity contribution is 0.0827. The molecule has 0 bridgehead atoms. The molecule has 3 nitrogen and oxygen atoms in total. The molecule has 3 atom stereocenters. The molecule has 1 fully saturated rings. The molecule has 4 rings (SSSR count). The van der Waals surface area contributed by atoms with Crippen LogP contribution in [0.15, 0.2) is 48.5 Å². The Hall–Kier alpha value is -2.00. The summed E-state index contributed by atoms with van der Waals surface area (Å²) >= 11 is 0. The van der Waals surface area contributed by atoms with Gasteiger partial charge < -0.3 is 14.8 Å². The standard InChI is InChI=1S/C18H19NO2/c1-20-13-7-8-16-15(11-13)18-14(9-10-21-18)17(19-16)12-5-3-2-4-6-12/h2-8,11,14,17-19H,9-10H2,1H3/t14-,17+,18-/m0/s1. The molecular weight excluding hydrogens is 262 g/mol. The fourth-order valence-electron chi connectivity index (χ4n) is 3.57. The van der Waals surface area contributed by atoms with Gasteiger partial charge in [0.15, 0.2) is 0 Å². The molecule has 0 unspecified atom stereocenters. The lowest BCUT2D eigenvalue weighted by Gasteiger charge is -2.36. The van der Waals surface area contributed by atoms with Crippen LogP contribution < -0.4 is 10.1 Å². The number of ether oxygens (including phenoxy) is 2. The van der Waals surface area contributed by atoms with E-state index in [1.54, 1.807) is 7.11 Å². The fraction of sp³-hybridized carbons (Fsp3) is 0.333. The van der Waals surface area contributed by atoms with E-state index in [9.17, 15) is 0 Å². The van der Waals surface area contributed by atoms with Crippen LogP contribution in [-0.2, 0) is 4.74 Å². The average Bonchev–Trinajstić information content (AvgIpc) is 3.04. The molecule has 0 amide bonds. The first-order chi connectivity index (χ1) is 10.4. The Morgan fingerprint density at radius 3 is 2.81 bits per heavy atom. The Morgan fingerprint density at radius 1 is 1.14 bits per heavy atom. The Morgan fingerprint density at radius 2 is 2.00 bits per heavy atom. The van der Waals surface area contributed by atoms with E-state index in [4.69, 9.17) is 9.47 Å². The molecule has 3 heteroatoms. The molecule has 2 aliphatic heterocycles. The van der Waals surface area contributed by atoms with Crippen molar-refractivity contribution in [2.75, 3.05) is 19.0 Å². The number of nitrogens with one attached hydrogen (secondary N) is 1. The summed E-state index contributed by atoms with van der Waals surface area (Å²) < 4.78 is 11.4. The van der Waals surface area contributed by atoms with E-state index in [1.807, 2.05) is 6.07 Å². The normalized spacial score (nSPS) is 26.6. The molecule has 2 aromatic rings. The molecule has 2 heterocycles. The molecule has 1 N–H and O–H groups in total. The number of anilines is 1. The van der Waals surface area contributed by atoms with Crippen LogP contribution in [-0.4, -0.2) is 13.7 Å². The number of benzene rings is 2. The molecule has 0 radical (unpaired) electrons. The molecule has 0 saturated carbocycles. The third kappa shape index (κ3) is 2.09. The summed E-state index contributed by atoms with van der Waals surface area (Å²) in [7, 11) is 1.71. The van der Waals surface area contributed by atoms with Crippen molar-refractivity contribution in [3.63, 3.8) is 0 Å². The summed E-state index contributed by atoms with van der Waals surface area (Å²) in [5.74, 6) is 1.37. The summed E-state index contributed by atoms with van der Waals surface area (Å²) in [4.78, 5) is 0. The van der Waals surface area contributed by atoms with Gasteiger partial charge in [-0.25, -0.2) is 0 Å². The first kappa shape index (κ1) is 12.7. The Labute approximate surface area is 124 Å². The van der Waals surface area contributed by atoms with Crippen molar-refractivity contribution < 1.29 is 9.47 Å². The van der Waals surface area contributed by atoms with Crippen molar-refractivity contribution in [3.8, 4) is 5.75 Å². The van der Waals surface area contributed by atoms with Crippen LogP contribution in [0, 0.1) is 5.92 Å². The third-order valence-electron chi connectivity index (χ3n) is 4.60. The van der Waals surface area contributed by atoms with Crippen LogP contribution >= 0.6 is 0 Å². The quantitative estimate of drug-likeness (QED) is 0.904. The lowest BCUT2D eigenvalue weighted by Crippen LogP contribution is -2.29. The van der Waals surface area contributed by atoms with E-state index >= 15 is 0 Å². The summed E-state index contributed by atoms with van der Waals surface area (Å²) in [6, 6.07) is 17.2. The van der Waals surface area contributed by atoms with Gasteiger partial charge in [0.1, 0.15) is 5.75 Å². The van der Waals surface area contributed by atoms with Crippen molar-refractivity contribution in [1.29, 1.82) is 0 Å². The molecule has 2 aromatic carbocycles. The zero-order chi connectivity index (χ0) is 14.2. The highest BCUT2D eigenvalue weighted by Gasteiger charge is 2.41. The van der Waals surface area contributed by atoms with Gasteiger partial charge in [-0.15, -0.1) is 0 Å². The van der Waals surface area contributed by atoms with E-state index in [1.165, 1.54) is 11.1 Å². The van der Waals surface area contributed by atoms with Crippen molar-refractivity contribution in [1.82, 2.24) is 0 Å². The van der Waals surface area contributed by atoms with E-state index in [-0.39, 0.29) is 6.10 Å². The van der Waals surface area contributed by atoms with E-state index < -0.39 is 0 Å². The number of fused-ring (bicyclic) bond motifs is 3. The first-order valence-electron chi connectivity index (χ1n) is 7.48. The number of hydrogen-bond donors (Lipinski definition) is 1. The molecule has 1 saturated heterocycles. The van der Waals surface area contributed by atoms with Crippen LogP contribution in [0.4, 0.5) is 5.69 Å². The minimum Gasteiger partial charge on any atom is -0.497 e. The second kappa shape index (κ2) is 5.08. The van der Waals surface area contributed by atoms with Gasteiger partial charge in [-0.2, -0.15) is 0 Å². The van der Waals surface area contributed by atoms with Gasteiger partial charge in [0, 0.05) is 23.8 Å².